The Morgan fingerprint density at radius 1 is 1.78 bits per heavy atom. The number of hydrogen-bond acceptors (Lipinski definition) is 4. The zero-order valence-electron chi connectivity index (χ0n) is 4.36. The fourth-order valence-electron chi connectivity index (χ4n) is 0.372. The van der Waals surface area contributed by atoms with Gasteiger partial charge in [-0.2, -0.15) is 4.80 Å². The molecule has 0 aliphatic carbocycles. The maximum atomic E-state index is 10.1. The van der Waals surface area contributed by atoms with Crippen LogP contribution in [0, 0.1) is 0 Å². The number of carbonyl (C=O) groups excluding carboxylic acids is 1. The van der Waals surface area contributed by atoms with E-state index in [0.717, 1.165) is 4.80 Å². The van der Waals surface area contributed by atoms with E-state index in [4.69, 9.17) is 11.6 Å². The van der Waals surface area contributed by atoms with Crippen molar-refractivity contribution >= 4 is 16.8 Å². The molecule has 0 atom stereocenters. The van der Waals surface area contributed by atoms with Crippen molar-refractivity contribution in [3.05, 3.63) is 6.33 Å². The largest absolute Gasteiger partial charge is 0.279 e. The summed E-state index contributed by atoms with van der Waals surface area (Å²) in [6, 6.07) is 0. The summed E-state index contributed by atoms with van der Waals surface area (Å²) >= 11 is 5.00. The standard InChI is InChI=1S/C3H3ClN4O/c4-3(9)1-8-6-2-5-7-8/h2H,1H2. The minimum absolute atomic E-state index is 0.0262. The van der Waals surface area contributed by atoms with Gasteiger partial charge in [-0.1, -0.05) is 0 Å². The Kier molecular flexibility index (Phi) is 1.74. The molecule has 0 saturated carbocycles. The van der Waals surface area contributed by atoms with Crippen LogP contribution >= 0.6 is 11.6 Å². The lowest BCUT2D eigenvalue weighted by atomic mass is 10.8. The summed E-state index contributed by atoms with van der Waals surface area (Å²) in [5.74, 6) is 0. The Labute approximate surface area is 55.6 Å². The van der Waals surface area contributed by atoms with Crippen LogP contribution in [0.3, 0.4) is 0 Å². The maximum Gasteiger partial charge on any atom is 0.245 e. The van der Waals surface area contributed by atoms with Gasteiger partial charge in [0.25, 0.3) is 0 Å². The molecule has 1 aromatic heterocycles. The van der Waals surface area contributed by atoms with Gasteiger partial charge in [0.1, 0.15) is 6.54 Å². The van der Waals surface area contributed by atoms with Crippen LogP contribution in [0.1, 0.15) is 0 Å². The predicted molar refractivity (Wildman–Crippen MR) is 28.7 cm³/mol. The Morgan fingerprint density at radius 3 is 3.00 bits per heavy atom. The first kappa shape index (κ1) is 6.15. The van der Waals surface area contributed by atoms with E-state index >= 15 is 0 Å². The molecule has 9 heavy (non-hydrogen) atoms. The molecule has 0 radical (unpaired) electrons. The van der Waals surface area contributed by atoms with Crippen LogP contribution in [0.2, 0.25) is 0 Å². The normalized spacial score (nSPS) is 9.44. The molecule has 0 aliphatic heterocycles. The Balaban J connectivity index is 2.58. The number of nitrogens with zero attached hydrogens (tertiary/aromatic N) is 4. The third kappa shape index (κ3) is 1.77. The molecule has 0 amide bonds. The topological polar surface area (TPSA) is 60.7 Å². The highest BCUT2D eigenvalue weighted by Crippen LogP contribution is 1.82. The SMILES string of the molecule is O=C(Cl)Cn1ncnn1. The molecule has 1 heterocycles. The lowest BCUT2D eigenvalue weighted by Gasteiger charge is -1.86. The first-order valence-electron chi connectivity index (χ1n) is 2.18. The molecule has 48 valence electrons. The second-order valence-corrected chi connectivity index (χ2v) is 1.74. The van der Waals surface area contributed by atoms with Gasteiger partial charge in [0.15, 0.2) is 6.33 Å². The van der Waals surface area contributed by atoms with Crippen molar-refractivity contribution in [3.63, 3.8) is 0 Å². The van der Waals surface area contributed by atoms with E-state index < -0.39 is 5.24 Å². The van der Waals surface area contributed by atoms with Crippen LogP contribution in [0.4, 0.5) is 0 Å². The highest BCUT2D eigenvalue weighted by atomic mass is 35.5. The van der Waals surface area contributed by atoms with Gasteiger partial charge in [0, 0.05) is 0 Å². The van der Waals surface area contributed by atoms with E-state index in [-0.39, 0.29) is 6.54 Å². The lowest BCUT2D eigenvalue weighted by molar-refractivity contribution is -0.112. The number of aromatic nitrogens is 4. The molecular weight excluding hydrogens is 144 g/mol. The zero-order chi connectivity index (χ0) is 6.69. The number of rotatable bonds is 2. The molecule has 0 aliphatic rings. The third-order valence-electron chi connectivity index (χ3n) is 0.657. The molecule has 6 heteroatoms. The quantitative estimate of drug-likeness (QED) is 0.525. The van der Waals surface area contributed by atoms with Gasteiger partial charge in [-0.3, -0.25) is 4.79 Å². The second kappa shape index (κ2) is 2.54. The van der Waals surface area contributed by atoms with Crippen molar-refractivity contribution in [2.75, 3.05) is 0 Å². The molecule has 0 unspecified atom stereocenters. The minimum Gasteiger partial charge on any atom is -0.279 e. The van der Waals surface area contributed by atoms with Gasteiger partial charge in [-0.05, 0) is 16.8 Å². The van der Waals surface area contributed by atoms with Crippen LogP contribution in [-0.2, 0) is 11.3 Å². The summed E-state index contributed by atoms with van der Waals surface area (Å²) in [6.45, 7) is -0.0262. The summed E-state index contributed by atoms with van der Waals surface area (Å²) in [4.78, 5) is 11.3. The zero-order valence-corrected chi connectivity index (χ0v) is 5.12. The number of halogens is 1. The van der Waals surface area contributed by atoms with Crippen LogP contribution in [-0.4, -0.2) is 25.4 Å². The summed E-state index contributed by atoms with van der Waals surface area (Å²) in [6.07, 6.45) is 1.24. The van der Waals surface area contributed by atoms with Gasteiger partial charge in [0.05, 0.1) is 0 Å². The van der Waals surface area contributed by atoms with Crippen LogP contribution in [0.5, 0.6) is 0 Å². The Bertz CT molecular complexity index is 196. The summed E-state index contributed by atoms with van der Waals surface area (Å²) in [5.41, 5.74) is 0. The highest BCUT2D eigenvalue weighted by Gasteiger charge is 1.97. The van der Waals surface area contributed by atoms with E-state index in [9.17, 15) is 4.79 Å². The summed E-state index contributed by atoms with van der Waals surface area (Å²) in [5, 5.41) is 9.81. The molecule has 5 nitrogen and oxygen atoms in total. The maximum absolute atomic E-state index is 10.1. The third-order valence-corrected chi connectivity index (χ3v) is 0.777. The fourth-order valence-corrected chi connectivity index (χ4v) is 0.479. The van der Waals surface area contributed by atoms with Gasteiger partial charge in [0.2, 0.25) is 5.24 Å². The van der Waals surface area contributed by atoms with Crippen LogP contribution in [0.25, 0.3) is 0 Å². The highest BCUT2D eigenvalue weighted by molar-refractivity contribution is 6.63. The van der Waals surface area contributed by atoms with Crippen LogP contribution < -0.4 is 0 Å². The molecule has 1 rings (SSSR count). The molecular formula is C3H3ClN4O. The van der Waals surface area contributed by atoms with Crippen molar-refractivity contribution in [2.45, 2.75) is 6.54 Å². The summed E-state index contributed by atoms with van der Waals surface area (Å²) in [7, 11) is 0. The molecule has 0 bridgehead atoms. The van der Waals surface area contributed by atoms with Crippen LogP contribution in [0.15, 0.2) is 6.33 Å². The number of hydrogen-bond donors (Lipinski definition) is 0. The molecule has 0 N–H and O–H groups in total. The number of carbonyl (C=O) groups is 1. The van der Waals surface area contributed by atoms with Gasteiger partial charge in [-0.25, -0.2) is 0 Å². The molecule has 1 aromatic rings. The first-order valence-corrected chi connectivity index (χ1v) is 2.56. The average molecular weight is 147 g/mol. The van der Waals surface area contributed by atoms with E-state index in [1.165, 1.54) is 6.33 Å². The Hall–Kier alpha value is -0.970. The van der Waals surface area contributed by atoms with Crippen molar-refractivity contribution in [1.29, 1.82) is 0 Å². The molecule has 0 aromatic carbocycles. The first-order chi connectivity index (χ1) is 4.29. The van der Waals surface area contributed by atoms with Gasteiger partial charge in [-0.15, -0.1) is 10.2 Å². The molecule has 0 saturated heterocycles. The van der Waals surface area contributed by atoms with Crippen molar-refractivity contribution < 1.29 is 4.79 Å². The molecule has 0 spiro atoms. The lowest BCUT2D eigenvalue weighted by Crippen LogP contribution is -2.07. The van der Waals surface area contributed by atoms with Crippen molar-refractivity contribution in [2.24, 2.45) is 0 Å². The fraction of sp³-hybridized carbons (Fsp3) is 0.333. The van der Waals surface area contributed by atoms with Gasteiger partial charge < -0.3 is 0 Å². The average Bonchev–Trinajstić information content (AvgIpc) is 2.15. The van der Waals surface area contributed by atoms with Gasteiger partial charge >= 0.3 is 0 Å². The minimum atomic E-state index is -0.506. The van der Waals surface area contributed by atoms with Crippen molar-refractivity contribution in [1.82, 2.24) is 20.2 Å². The Morgan fingerprint density at radius 2 is 2.56 bits per heavy atom. The van der Waals surface area contributed by atoms with Crippen molar-refractivity contribution in [3.8, 4) is 0 Å². The van der Waals surface area contributed by atoms with E-state index in [2.05, 4.69) is 15.4 Å². The second-order valence-electron chi connectivity index (χ2n) is 1.32. The molecule has 0 fully saturated rings. The predicted octanol–water partition coefficient (Wildman–Crippen LogP) is -0.562. The summed E-state index contributed by atoms with van der Waals surface area (Å²) < 4.78 is 0. The van der Waals surface area contributed by atoms with E-state index in [0.29, 0.717) is 0 Å². The van der Waals surface area contributed by atoms with E-state index in [1.54, 1.807) is 0 Å². The smallest absolute Gasteiger partial charge is 0.245 e. The monoisotopic (exact) mass is 146 g/mol. The van der Waals surface area contributed by atoms with E-state index in [1.807, 2.05) is 0 Å². The number of tetrazole rings is 1.